The van der Waals surface area contributed by atoms with Crippen molar-refractivity contribution < 1.29 is 24.2 Å². The number of hydrogen-bond donors (Lipinski definition) is 2. The molecule has 1 aliphatic heterocycles. The zero-order valence-electron chi connectivity index (χ0n) is 19.9. The van der Waals surface area contributed by atoms with Crippen molar-refractivity contribution in [2.24, 2.45) is 11.3 Å². The second-order valence-electron chi connectivity index (χ2n) is 10.2. The van der Waals surface area contributed by atoms with Crippen molar-refractivity contribution in [2.45, 2.75) is 45.6 Å². The lowest BCUT2D eigenvalue weighted by atomic mass is 9.85. The van der Waals surface area contributed by atoms with Crippen molar-refractivity contribution in [3.63, 3.8) is 0 Å². The van der Waals surface area contributed by atoms with Gasteiger partial charge < -0.3 is 20.1 Å². The maximum atomic E-state index is 13.3. The number of rotatable bonds is 5. The van der Waals surface area contributed by atoms with Gasteiger partial charge in [0.05, 0.1) is 5.92 Å². The minimum atomic E-state index is -0.894. The number of benzene rings is 2. The Labute approximate surface area is 200 Å². The molecule has 180 valence electrons. The summed E-state index contributed by atoms with van der Waals surface area (Å²) < 4.78 is 5.65. The van der Waals surface area contributed by atoms with E-state index in [0.717, 1.165) is 22.3 Å². The third-order valence-electron chi connectivity index (χ3n) is 6.80. The molecule has 0 radical (unpaired) electrons. The number of piperidine rings is 1. The molecule has 0 aromatic heterocycles. The lowest BCUT2D eigenvalue weighted by molar-refractivity contribution is -0.147. The Morgan fingerprint density at radius 2 is 1.65 bits per heavy atom. The van der Waals surface area contributed by atoms with Gasteiger partial charge in [0.1, 0.15) is 12.6 Å². The van der Waals surface area contributed by atoms with E-state index in [-0.39, 0.29) is 25.0 Å². The van der Waals surface area contributed by atoms with Crippen LogP contribution in [0.25, 0.3) is 11.1 Å². The molecule has 0 spiro atoms. The Morgan fingerprint density at radius 1 is 1.06 bits per heavy atom. The molecule has 1 aliphatic carbocycles. The third kappa shape index (κ3) is 4.79. The highest BCUT2D eigenvalue weighted by molar-refractivity contribution is 5.87. The Morgan fingerprint density at radius 3 is 2.21 bits per heavy atom. The average molecular weight is 465 g/mol. The normalized spacial score (nSPS) is 18.6. The fourth-order valence-electron chi connectivity index (χ4n) is 4.97. The van der Waals surface area contributed by atoms with E-state index in [2.05, 4.69) is 29.6 Å². The van der Waals surface area contributed by atoms with Crippen LogP contribution < -0.4 is 5.32 Å². The number of alkyl carbamates (subject to hydrolysis) is 1. The molecule has 0 saturated carbocycles. The molecule has 1 unspecified atom stereocenters. The Balaban J connectivity index is 1.44. The summed E-state index contributed by atoms with van der Waals surface area (Å²) in [5.74, 6) is -1.81. The van der Waals surface area contributed by atoms with Crippen molar-refractivity contribution in [3.05, 3.63) is 59.7 Å². The zero-order chi connectivity index (χ0) is 24.5. The van der Waals surface area contributed by atoms with E-state index in [0.29, 0.717) is 19.4 Å². The minimum absolute atomic E-state index is 0.0691. The summed E-state index contributed by atoms with van der Waals surface area (Å²) in [4.78, 5) is 39.1. The smallest absolute Gasteiger partial charge is 0.407 e. The summed E-state index contributed by atoms with van der Waals surface area (Å²) in [6, 6.07) is 15.4. The number of fused-ring (bicyclic) bond motifs is 3. The number of carbonyl (C=O) groups is 3. The lowest BCUT2D eigenvalue weighted by Crippen LogP contribution is -2.57. The van der Waals surface area contributed by atoms with Gasteiger partial charge in [-0.1, -0.05) is 69.3 Å². The quantitative estimate of drug-likeness (QED) is 0.689. The predicted molar refractivity (Wildman–Crippen MR) is 128 cm³/mol. The molecule has 2 atom stereocenters. The molecule has 1 heterocycles. The zero-order valence-corrected chi connectivity index (χ0v) is 19.9. The Bertz CT molecular complexity index is 1040. The van der Waals surface area contributed by atoms with Gasteiger partial charge >= 0.3 is 12.1 Å². The van der Waals surface area contributed by atoms with Gasteiger partial charge in [-0.05, 0) is 40.5 Å². The van der Waals surface area contributed by atoms with Gasteiger partial charge in [0, 0.05) is 19.0 Å². The number of carbonyl (C=O) groups excluding carboxylic acids is 2. The monoisotopic (exact) mass is 464 g/mol. The van der Waals surface area contributed by atoms with Gasteiger partial charge in [0.15, 0.2) is 0 Å². The molecule has 7 nitrogen and oxygen atoms in total. The minimum Gasteiger partial charge on any atom is -0.481 e. The molecule has 2 N–H and O–H groups in total. The highest BCUT2D eigenvalue weighted by atomic mass is 16.5. The first-order valence-corrected chi connectivity index (χ1v) is 11.8. The van der Waals surface area contributed by atoms with E-state index in [1.54, 1.807) is 4.90 Å². The molecule has 0 bridgehead atoms. The van der Waals surface area contributed by atoms with Crippen molar-refractivity contribution >= 4 is 18.0 Å². The highest BCUT2D eigenvalue weighted by Gasteiger charge is 2.39. The van der Waals surface area contributed by atoms with Crippen LogP contribution in [0.2, 0.25) is 0 Å². The fourth-order valence-corrected chi connectivity index (χ4v) is 4.97. The topological polar surface area (TPSA) is 95.9 Å². The molecule has 1 fully saturated rings. The van der Waals surface area contributed by atoms with E-state index < -0.39 is 29.4 Å². The van der Waals surface area contributed by atoms with Crippen molar-refractivity contribution in [1.82, 2.24) is 10.2 Å². The van der Waals surface area contributed by atoms with Crippen molar-refractivity contribution in [3.8, 4) is 11.1 Å². The van der Waals surface area contributed by atoms with Crippen LogP contribution in [0.3, 0.4) is 0 Å². The van der Waals surface area contributed by atoms with Crippen LogP contribution in [0.1, 0.15) is 50.7 Å². The van der Waals surface area contributed by atoms with Crippen molar-refractivity contribution in [1.29, 1.82) is 0 Å². The molecular formula is C27H32N2O5. The first-order chi connectivity index (χ1) is 16.2. The second-order valence-corrected chi connectivity index (χ2v) is 10.2. The molecule has 7 heteroatoms. The number of aliphatic carboxylic acids is 1. The molecule has 1 saturated heterocycles. The van der Waals surface area contributed by atoms with Crippen LogP contribution in [-0.2, 0) is 14.3 Å². The van der Waals surface area contributed by atoms with Gasteiger partial charge in [-0.3, -0.25) is 9.59 Å². The summed E-state index contributed by atoms with van der Waals surface area (Å²) in [6.07, 6.45) is 0.533. The SMILES string of the molecule is CC(C)(C)[C@@H](NC(=O)OCC1c2ccccc2-c2ccccc21)C(=O)N1CCCC(C(=O)O)C1. The number of ether oxygens (including phenoxy) is 1. The average Bonchev–Trinajstić information content (AvgIpc) is 3.14. The molecule has 2 aromatic carbocycles. The first kappa shape index (κ1) is 23.8. The summed E-state index contributed by atoms with van der Waals surface area (Å²) in [5.41, 5.74) is 3.96. The molecule has 2 aromatic rings. The summed E-state index contributed by atoms with van der Waals surface area (Å²) in [6.45, 7) is 6.43. The molecule has 2 amide bonds. The number of hydrogen-bond acceptors (Lipinski definition) is 4. The molecule has 2 aliphatic rings. The number of carboxylic acids is 1. The van der Waals surface area contributed by atoms with E-state index >= 15 is 0 Å². The Kier molecular flexibility index (Phi) is 6.64. The predicted octanol–water partition coefficient (Wildman–Crippen LogP) is 4.26. The highest BCUT2D eigenvalue weighted by Crippen LogP contribution is 2.44. The van der Waals surface area contributed by atoms with Gasteiger partial charge in [-0.2, -0.15) is 0 Å². The van der Waals surface area contributed by atoms with Crippen molar-refractivity contribution in [2.75, 3.05) is 19.7 Å². The molecular weight excluding hydrogens is 432 g/mol. The van der Waals surface area contributed by atoms with Crippen LogP contribution in [0, 0.1) is 11.3 Å². The van der Waals surface area contributed by atoms with Crippen LogP contribution in [0.15, 0.2) is 48.5 Å². The number of carboxylic acid groups (broad SMARTS) is 1. The van der Waals surface area contributed by atoms with Crippen LogP contribution >= 0.6 is 0 Å². The maximum Gasteiger partial charge on any atom is 0.407 e. The van der Waals surface area contributed by atoms with Gasteiger partial charge in [0.25, 0.3) is 0 Å². The molecule has 34 heavy (non-hydrogen) atoms. The first-order valence-electron chi connectivity index (χ1n) is 11.8. The van der Waals surface area contributed by atoms with Crippen LogP contribution in [-0.4, -0.2) is 53.7 Å². The van der Waals surface area contributed by atoms with E-state index in [4.69, 9.17) is 4.74 Å². The van der Waals surface area contributed by atoms with E-state index in [1.165, 1.54) is 0 Å². The van der Waals surface area contributed by atoms with Gasteiger partial charge in [-0.25, -0.2) is 4.79 Å². The van der Waals surface area contributed by atoms with Gasteiger partial charge in [-0.15, -0.1) is 0 Å². The van der Waals surface area contributed by atoms with E-state index in [9.17, 15) is 19.5 Å². The third-order valence-corrected chi connectivity index (χ3v) is 6.80. The molecule has 4 rings (SSSR count). The number of nitrogens with one attached hydrogen (secondary N) is 1. The summed E-state index contributed by atoms with van der Waals surface area (Å²) in [7, 11) is 0. The van der Waals surface area contributed by atoms with E-state index in [1.807, 2.05) is 45.0 Å². The number of nitrogens with zero attached hydrogens (tertiary/aromatic N) is 1. The lowest BCUT2D eigenvalue weighted by Gasteiger charge is -2.37. The van der Waals surface area contributed by atoms with Gasteiger partial charge in [0.2, 0.25) is 5.91 Å². The number of amides is 2. The summed E-state index contributed by atoms with van der Waals surface area (Å²) >= 11 is 0. The fraction of sp³-hybridized carbons (Fsp3) is 0.444. The second kappa shape index (κ2) is 9.49. The summed E-state index contributed by atoms with van der Waals surface area (Å²) in [5, 5.41) is 12.1. The standard InChI is InChI=1S/C27H32N2O5/c1-27(2,3)23(24(30)29-14-8-9-17(15-29)25(31)32)28-26(33)34-16-22-20-12-6-4-10-18(20)19-11-5-7-13-21(19)22/h4-7,10-13,17,22-23H,8-9,14-16H2,1-3H3,(H,28,33)(H,31,32)/t17?,23-/m0/s1. The Hall–Kier alpha value is -3.35. The van der Waals surface area contributed by atoms with Crippen LogP contribution in [0.5, 0.6) is 0 Å². The number of likely N-dealkylation sites (tertiary alicyclic amines) is 1. The van der Waals surface area contributed by atoms with Crippen LogP contribution in [0.4, 0.5) is 4.79 Å². The largest absolute Gasteiger partial charge is 0.481 e. The maximum absolute atomic E-state index is 13.3.